The van der Waals surface area contributed by atoms with E-state index in [0.717, 1.165) is 12.8 Å². The molecule has 0 spiro atoms. The smallest absolute Gasteiger partial charge is 0.338 e. The minimum absolute atomic E-state index is 0.212. The molecule has 0 aliphatic carbocycles. The third kappa shape index (κ3) is 4.73. The second kappa shape index (κ2) is 7.27. The summed E-state index contributed by atoms with van der Waals surface area (Å²) in [5, 5.41) is 2.76. The van der Waals surface area contributed by atoms with Gasteiger partial charge in [-0.1, -0.05) is 32.6 Å². The van der Waals surface area contributed by atoms with E-state index in [9.17, 15) is 9.59 Å². The van der Waals surface area contributed by atoms with Gasteiger partial charge in [-0.05, 0) is 6.42 Å². The average molecular weight is 243 g/mol. The SMILES string of the molecule is CCCCCCCNC(=O)[C@H]1O[C@H]1C(=O)OC. The number of amides is 1. The van der Waals surface area contributed by atoms with Crippen LogP contribution in [0.25, 0.3) is 0 Å². The van der Waals surface area contributed by atoms with Gasteiger partial charge in [-0.2, -0.15) is 0 Å². The highest BCUT2D eigenvalue weighted by Gasteiger charge is 2.51. The van der Waals surface area contributed by atoms with Gasteiger partial charge in [0, 0.05) is 6.54 Å². The van der Waals surface area contributed by atoms with Crippen molar-refractivity contribution in [3.8, 4) is 0 Å². The Morgan fingerprint density at radius 2 is 1.88 bits per heavy atom. The van der Waals surface area contributed by atoms with E-state index in [1.807, 2.05) is 0 Å². The molecular weight excluding hydrogens is 222 g/mol. The monoisotopic (exact) mass is 243 g/mol. The molecule has 0 aromatic rings. The van der Waals surface area contributed by atoms with Crippen LogP contribution in [0.2, 0.25) is 0 Å². The maximum absolute atomic E-state index is 11.5. The molecule has 0 aromatic heterocycles. The van der Waals surface area contributed by atoms with Gasteiger partial charge in [-0.15, -0.1) is 0 Å². The Morgan fingerprint density at radius 3 is 2.53 bits per heavy atom. The Kier molecular flexibility index (Phi) is 5.97. The van der Waals surface area contributed by atoms with Crippen LogP contribution >= 0.6 is 0 Å². The molecule has 0 unspecified atom stereocenters. The highest BCUT2D eigenvalue weighted by molar-refractivity contribution is 5.92. The summed E-state index contributed by atoms with van der Waals surface area (Å²) in [6.45, 7) is 2.81. The lowest BCUT2D eigenvalue weighted by Gasteiger charge is -2.02. The first-order valence-electron chi connectivity index (χ1n) is 6.21. The number of hydrogen-bond acceptors (Lipinski definition) is 4. The average Bonchev–Trinajstić information content (AvgIpc) is 3.12. The molecular formula is C12H21NO4. The minimum atomic E-state index is -0.694. The lowest BCUT2D eigenvalue weighted by Crippen LogP contribution is -2.31. The van der Waals surface area contributed by atoms with Gasteiger partial charge in [-0.3, -0.25) is 4.79 Å². The van der Waals surface area contributed by atoms with Gasteiger partial charge in [0.05, 0.1) is 7.11 Å². The van der Waals surface area contributed by atoms with Crippen LogP contribution < -0.4 is 5.32 Å². The number of carbonyl (C=O) groups excluding carboxylic acids is 2. The van der Waals surface area contributed by atoms with Crippen molar-refractivity contribution in [2.75, 3.05) is 13.7 Å². The van der Waals surface area contributed by atoms with E-state index in [4.69, 9.17) is 4.74 Å². The summed E-state index contributed by atoms with van der Waals surface area (Å²) in [4.78, 5) is 22.5. The van der Waals surface area contributed by atoms with Crippen molar-refractivity contribution in [2.45, 2.75) is 51.2 Å². The van der Waals surface area contributed by atoms with Gasteiger partial charge in [0.2, 0.25) is 0 Å². The maximum atomic E-state index is 11.5. The van der Waals surface area contributed by atoms with Gasteiger partial charge in [0.25, 0.3) is 5.91 Å². The Balaban J connectivity index is 2.01. The number of methoxy groups -OCH3 is 1. The molecule has 1 aliphatic rings. The molecule has 1 aliphatic heterocycles. The van der Waals surface area contributed by atoms with E-state index >= 15 is 0 Å². The molecule has 5 nitrogen and oxygen atoms in total. The summed E-state index contributed by atoms with van der Waals surface area (Å²) < 4.78 is 9.42. The third-order valence-electron chi connectivity index (χ3n) is 2.76. The first-order chi connectivity index (χ1) is 8.20. The van der Waals surface area contributed by atoms with Crippen LogP contribution in [0.1, 0.15) is 39.0 Å². The number of ether oxygens (including phenoxy) is 2. The molecule has 0 saturated carbocycles. The maximum Gasteiger partial charge on any atom is 0.338 e. The van der Waals surface area contributed by atoms with Crippen LogP contribution in [0.4, 0.5) is 0 Å². The number of rotatable bonds is 8. The summed E-state index contributed by atoms with van der Waals surface area (Å²) in [7, 11) is 1.28. The van der Waals surface area contributed by atoms with Gasteiger partial charge in [-0.25, -0.2) is 4.79 Å². The van der Waals surface area contributed by atoms with Crippen molar-refractivity contribution in [1.82, 2.24) is 5.32 Å². The number of carbonyl (C=O) groups is 2. The van der Waals surface area contributed by atoms with Crippen molar-refractivity contribution in [3.05, 3.63) is 0 Å². The van der Waals surface area contributed by atoms with Gasteiger partial charge >= 0.3 is 5.97 Å². The molecule has 5 heteroatoms. The molecule has 1 heterocycles. The second-order valence-electron chi connectivity index (χ2n) is 4.21. The van der Waals surface area contributed by atoms with Crippen molar-refractivity contribution in [1.29, 1.82) is 0 Å². The van der Waals surface area contributed by atoms with Crippen molar-refractivity contribution >= 4 is 11.9 Å². The highest BCUT2D eigenvalue weighted by atomic mass is 16.6. The van der Waals surface area contributed by atoms with Crippen molar-refractivity contribution < 1.29 is 19.1 Å². The Morgan fingerprint density at radius 1 is 1.18 bits per heavy atom. The van der Waals surface area contributed by atoms with E-state index in [0.29, 0.717) is 6.54 Å². The van der Waals surface area contributed by atoms with Crippen LogP contribution in [0.5, 0.6) is 0 Å². The molecule has 98 valence electrons. The lowest BCUT2D eigenvalue weighted by atomic mass is 10.1. The van der Waals surface area contributed by atoms with E-state index in [1.165, 1.54) is 26.4 Å². The Labute approximate surface area is 102 Å². The first kappa shape index (κ1) is 14.0. The number of hydrogen-bond donors (Lipinski definition) is 1. The van der Waals surface area contributed by atoms with Gasteiger partial charge < -0.3 is 14.8 Å². The highest BCUT2D eigenvalue weighted by Crippen LogP contribution is 2.23. The van der Waals surface area contributed by atoms with Crippen LogP contribution in [0.3, 0.4) is 0 Å². The van der Waals surface area contributed by atoms with E-state index in [1.54, 1.807) is 0 Å². The predicted octanol–water partition coefficient (Wildman–Crippen LogP) is 1.01. The van der Waals surface area contributed by atoms with E-state index in [-0.39, 0.29) is 5.91 Å². The zero-order valence-corrected chi connectivity index (χ0v) is 10.5. The number of nitrogens with one attached hydrogen (secondary N) is 1. The minimum Gasteiger partial charge on any atom is -0.467 e. The van der Waals surface area contributed by atoms with Crippen molar-refractivity contribution in [2.24, 2.45) is 0 Å². The van der Waals surface area contributed by atoms with Crippen LogP contribution in [-0.2, 0) is 19.1 Å². The molecule has 1 rings (SSSR count). The standard InChI is InChI=1S/C12H21NO4/c1-3-4-5-6-7-8-13-11(14)9-10(17-9)12(15)16-2/h9-10H,3-8H2,1-2H3,(H,13,14)/t9-,10+/m0/s1. The van der Waals surface area contributed by atoms with E-state index in [2.05, 4.69) is 17.0 Å². The quantitative estimate of drug-likeness (QED) is 0.392. The fraction of sp³-hybridized carbons (Fsp3) is 0.833. The van der Waals surface area contributed by atoms with Crippen LogP contribution in [0.15, 0.2) is 0 Å². The summed E-state index contributed by atoms with van der Waals surface area (Å²) in [6, 6.07) is 0. The first-order valence-corrected chi connectivity index (χ1v) is 6.21. The van der Waals surface area contributed by atoms with Gasteiger partial charge in [0.15, 0.2) is 12.2 Å². The summed E-state index contributed by atoms with van der Waals surface area (Å²) in [5.74, 6) is -0.691. The van der Waals surface area contributed by atoms with Gasteiger partial charge in [0.1, 0.15) is 0 Å². The Bertz CT molecular complexity index is 267. The largest absolute Gasteiger partial charge is 0.467 e. The normalized spacial score (nSPS) is 22.0. The molecule has 1 saturated heterocycles. The van der Waals surface area contributed by atoms with Crippen LogP contribution in [0, 0.1) is 0 Å². The number of esters is 1. The lowest BCUT2D eigenvalue weighted by molar-refractivity contribution is -0.142. The predicted molar refractivity (Wildman–Crippen MR) is 62.4 cm³/mol. The molecule has 1 N–H and O–H groups in total. The molecule has 17 heavy (non-hydrogen) atoms. The fourth-order valence-electron chi connectivity index (χ4n) is 1.65. The summed E-state index contributed by atoms with van der Waals surface area (Å²) in [5.41, 5.74) is 0. The molecule has 2 atom stereocenters. The topological polar surface area (TPSA) is 67.9 Å². The van der Waals surface area contributed by atoms with E-state index < -0.39 is 18.2 Å². The number of epoxide rings is 1. The molecule has 1 fully saturated rings. The van der Waals surface area contributed by atoms with Crippen LogP contribution in [-0.4, -0.2) is 37.7 Å². The summed E-state index contributed by atoms with van der Waals surface area (Å²) >= 11 is 0. The zero-order valence-electron chi connectivity index (χ0n) is 10.5. The molecule has 1 amide bonds. The zero-order chi connectivity index (χ0) is 12.7. The second-order valence-corrected chi connectivity index (χ2v) is 4.21. The molecule has 0 bridgehead atoms. The van der Waals surface area contributed by atoms with Crippen molar-refractivity contribution in [3.63, 3.8) is 0 Å². The molecule has 0 aromatic carbocycles. The molecule has 0 radical (unpaired) electrons. The number of unbranched alkanes of at least 4 members (excludes halogenated alkanes) is 4. The fourth-order valence-corrected chi connectivity index (χ4v) is 1.65. The summed E-state index contributed by atoms with van der Waals surface area (Å²) in [6.07, 6.45) is 4.42. The Hall–Kier alpha value is -1.10. The third-order valence-corrected chi connectivity index (χ3v) is 2.76.